The molecule has 1 atom stereocenters. The summed E-state index contributed by atoms with van der Waals surface area (Å²) in [6, 6.07) is 9.64. The van der Waals surface area contributed by atoms with Gasteiger partial charge in [0.05, 0.1) is 11.9 Å². The second-order valence-electron chi connectivity index (χ2n) is 7.80. The van der Waals surface area contributed by atoms with Gasteiger partial charge in [-0.1, -0.05) is 18.2 Å². The summed E-state index contributed by atoms with van der Waals surface area (Å²) in [5, 5.41) is 4.30. The van der Waals surface area contributed by atoms with Gasteiger partial charge in [0.2, 0.25) is 5.91 Å². The van der Waals surface area contributed by atoms with Crippen LogP contribution in [0, 0.1) is 0 Å². The van der Waals surface area contributed by atoms with Crippen LogP contribution >= 0.6 is 0 Å². The van der Waals surface area contributed by atoms with Gasteiger partial charge in [-0.25, -0.2) is 4.68 Å². The lowest BCUT2D eigenvalue weighted by Crippen LogP contribution is -2.40. The summed E-state index contributed by atoms with van der Waals surface area (Å²) in [4.78, 5) is 31.8. The summed E-state index contributed by atoms with van der Waals surface area (Å²) in [7, 11) is 2.11. The quantitative estimate of drug-likeness (QED) is 0.804. The van der Waals surface area contributed by atoms with E-state index in [-0.39, 0.29) is 24.1 Å². The summed E-state index contributed by atoms with van der Waals surface area (Å²) in [5.74, 6) is -0.101. The first kappa shape index (κ1) is 18.7. The predicted molar refractivity (Wildman–Crippen MR) is 110 cm³/mol. The van der Waals surface area contributed by atoms with Gasteiger partial charge in [-0.3, -0.25) is 9.59 Å². The van der Waals surface area contributed by atoms with Crippen LogP contribution in [0.1, 0.15) is 18.9 Å². The fourth-order valence-corrected chi connectivity index (χ4v) is 4.17. The Hall–Kier alpha value is -2.67. The number of rotatable bonds is 3. The van der Waals surface area contributed by atoms with Crippen LogP contribution in [0.15, 0.2) is 41.3 Å². The highest BCUT2D eigenvalue weighted by molar-refractivity contribution is 5.96. The SMILES string of the molecule is CC1Cc2ccccc2N1C(=O)Cn1ncc(N2CCCN(C)CC2)cc1=O. The number of fused-ring (bicyclic) bond motifs is 1. The lowest BCUT2D eigenvalue weighted by Gasteiger charge is -2.24. The molecule has 2 aliphatic heterocycles. The molecule has 3 heterocycles. The molecule has 0 spiro atoms. The Morgan fingerprint density at radius 1 is 1.18 bits per heavy atom. The lowest BCUT2D eigenvalue weighted by molar-refractivity contribution is -0.119. The van der Waals surface area contributed by atoms with Gasteiger partial charge in [0, 0.05) is 37.4 Å². The standard InChI is InChI=1S/C21H27N5O2/c1-16-12-17-6-3-4-7-19(17)26(16)21(28)15-25-20(27)13-18(14-22-25)24-9-5-8-23(2)10-11-24/h3-4,6-7,13-14,16H,5,8-12,15H2,1-2H3. The van der Waals surface area contributed by atoms with Crippen molar-refractivity contribution in [1.82, 2.24) is 14.7 Å². The minimum atomic E-state index is -0.233. The fourth-order valence-electron chi connectivity index (χ4n) is 4.17. The molecular formula is C21H27N5O2. The van der Waals surface area contributed by atoms with Gasteiger partial charge >= 0.3 is 0 Å². The van der Waals surface area contributed by atoms with E-state index >= 15 is 0 Å². The van der Waals surface area contributed by atoms with Gasteiger partial charge in [0.25, 0.3) is 5.56 Å². The minimum absolute atomic E-state index is 0.0411. The highest BCUT2D eigenvalue weighted by atomic mass is 16.2. The monoisotopic (exact) mass is 381 g/mol. The molecule has 2 aromatic rings. The molecule has 148 valence electrons. The Kier molecular flexibility index (Phi) is 5.17. The number of para-hydroxylation sites is 1. The predicted octanol–water partition coefficient (Wildman–Crippen LogP) is 1.36. The maximum absolute atomic E-state index is 12.9. The zero-order valence-electron chi connectivity index (χ0n) is 16.5. The number of hydrogen-bond acceptors (Lipinski definition) is 5. The summed E-state index contributed by atoms with van der Waals surface area (Å²) < 4.78 is 1.27. The first-order chi connectivity index (χ1) is 13.5. The number of carbonyl (C=O) groups excluding carboxylic acids is 1. The molecule has 1 unspecified atom stereocenters. The first-order valence-electron chi connectivity index (χ1n) is 9.93. The Labute approximate surface area is 165 Å². The van der Waals surface area contributed by atoms with E-state index in [4.69, 9.17) is 0 Å². The molecule has 0 N–H and O–H groups in total. The van der Waals surface area contributed by atoms with Crippen LogP contribution in [-0.2, 0) is 17.8 Å². The third-order valence-corrected chi connectivity index (χ3v) is 5.70. The highest BCUT2D eigenvalue weighted by Crippen LogP contribution is 2.31. The molecule has 4 rings (SSSR count). The van der Waals surface area contributed by atoms with Crippen LogP contribution in [0.3, 0.4) is 0 Å². The van der Waals surface area contributed by atoms with Gasteiger partial charge < -0.3 is 14.7 Å². The number of carbonyl (C=O) groups is 1. The van der Waals surface area contributed by atoms with Crippen LogP contribution in [0.5, 0.6) is 0 Å². The molecule has 1 aromatic carbocycles. The smallest absolute Gasteiger partial charge is 0.269 e. The first-order valence-corrected chi connectivity index (χ1v) is 9.93. The van der Waals surface area contributed by atoms with Crippen molar-refractivity contribution < 1.29 is 4.79 Å². The average Bonchev–Trinajstić information content (AvgIpc) is 2.86. The second kappa shape index (κ2) is 7.75. The van der Waals surface area contributed by atoms with Gasteiger partial charge in [-0.2, -0.15) is 5.10 Å². The largest absolute Gasteiger partial charge is 0.369 e. The molecular weight excluding hydrogens is 354 g/mol. The van der Waals surface area contributed by atoms with E-state index in [2.05, 4.69) is 28.0 Å². The second-order valence-corrected chi connectivity index (χ2v) is 7.80. The van der Waals surface area contributed by atoms with Gasteiger partial charge in [0.15, 0.2) is 0 Å². The number of anilines is 2. The summed E-state index contributed by atoms with van der Waals surface area (Å²) in [5.41, 5.74) is 2.72. The Balaban J connectivity index is 1.50. The molecule has 7 heteroatoms. The van der Waals surface area contributed by atoms with Crippen molar-refractivity contribution in [2.45, 2.75) is 32.4 Å². The molecule has 0 bridgehead atoms. The molecule has 0 aliphatic carbocycles. The van der Waals surface area contributed by atoms with E-state index in [0.29, 0.717) is 0 Å². The zero-order chi connectivity index (χ0) is 19.7. The zero-order valence-corrected chi connectivity index (χ0v) is 16.5. The number of hydrogen-bond donors (Lipinski definition) is 0. The van der Waals surface area contributed by atoms with Crippen LogP contribution in [0.25, 0.3) is 0 Å². The van der Waals surface area contributed by atoms with Crippen molar-refractivity contribution in [3.8, 4) is 0 Å². The van der Waals surface area contributed by atoms with Gasteiger partial charge in [-0.05, 0) is 45.0 Å². The van der Waals surface area contributed by atoms with Crippen LogP contribution in [0.2, 0.25) is 0 Å². The van der Waals surface area contributed by atoms with E-state index in [0.717, 1.165) is 50.4 Å². The van der Waals surface area contributed by atoms with Crippen LogP contribution in [-0.4, -0.2) is 59.9 Å². The molecule has 2 aliphatic rings. The van der Waals surface area contributed by atoms with E-state index < -0.39 is 0 Å². The summed E-state index contributed by atoms with van der Waals surface area (Å²) in [6.45, 7) is 5.81. The van der Waals surface area contributed by atoms with Crippen molar-refractivity contribution in [3.63, 3.8) is 0 Å². The molecule has 0 saturated carbocycles. The van der Waals surface area contributed by atoms with Crippen molar-refractivity contribution in [3.05, 3.63) is 52.4 Å². The van der Waals surface area contributed by atoms with Crippen molar-refractivity contribution in [2.75, 3.05) is 43.0 Å². The number of likely N-dealkylation sites (N-methyl/N-ethyl adjacent to an activating group) is 1. The molecule has 1 saturated heterocycles. The molecule has 28 heavy (non-hydrogen) atoms. The molecule has 1 amide bonds. The molecule has 0 radical (unpaired) electrons. The topological polar surface area (TPSA) is 61.7 Å². The average molecular weight is 381 g/mol. The van der Waals surface area contributed by atoms with Gasteiger partial charge in [-0.15, -0.1) is 0 Å². The number of benzene rings is 1. The molecule has 1 fully saturated rings. The van der Waals surface area contributed by atoms with Crippen molar-refractivity contribution >= 4 is 17.3 Å². The van der Waals surface area contributed by atoms with Crippen LogP contribution < -0.4 is 15.4 Å². The number of amides is 1. The van der Waals surface area contributed by atoms with E-state index in [1.165, 1.54) is 10.2 Å². The number of nitrogens with zero attached hydrogens (tertiary/aromatic N) is 5. The Morgan fingerprint density at radius 2 is 2.00 bits per heavy atom. The maximum atomic E-state index is 12.9. The highest BCUT2D eigenvalue weighted by Gasteiger charge is 2.30. The fraction of sp³-hybridized carbons (Fsp3) is 0.476. The summed E-state index contributed by atoms with van der Waals surface area (Å²) >= 11 is 0. The minimum Gasteiger partial charge on any atom is -0.369 e. The number of aromatic nitrogens is 2. The molecule has 1 aromatic heterocycles. The van der Waals surface area contributed by atoms with E-state index in [1.807, 2.05) is 25.1 Å². The third kappa shape index (κ3) is 3.67. The Bertz CT molecular complexity index is 925. The normalized spacial score (nSPS) is 20.1. The Morgan fingerprint density at radius 3 is 2.82 bits per heavy atom. The van der Waals surface area contributed by atoms with Crippen molar-refractivity contribution in [2.24, 2.45) is 0 Å². The lowest BCUT2D eigenvalue weighted by atomic mass is 10.1. The van der Waals surface area contributed by atoms with Crippen molar-refractivity contribution in [1.29, 1.82) is 0 Å². The maximum Gasteiger partial charge on any atom is 0.269 e. The summed E-state index contributed by atoms with van der Waals surface area (Å²) in [6.07, 6.45) is 3.61. The third-order valence-electron chi connectivity index (χ3n) is 5.70. The molecule has 7 nitrogen and oxygen atoms in total. The van der Waals surface area contributed by atoms with Gasteiger partial charge in [0.1, 0.15) is 6.54 Å². The van der Waals surface area contributed by atoms with E-state index in [1.54, 1.807) is 17.2 Å². The van der Waals surface area contributed by atoms with Crippen LogP contribution in [0.4, 0.5) is 11.4 Å². The van der Waals surface area contributed by atoms with E-state index in [9.17, 15) is 9.59 Å².